The molecular formula is C28H24F4N6O3. The summed E-state index contributed by atoms with van der Waals surface area (Å²) in [5.41, 5.74) is -1.51. The van der Waals surface area contributed by atoms with Gasteiger partial charge in [0.15, 0.2) is 0 Å². The van der Waals surface area contributed by atoms with Crippen molar-refractivity contribution in [2.24, 2.45) is 7.05 Å². The van der Waals surface area contributed by atoms with E-state index < -0.39 is 34.6 Å². The molecule has 2 aromatic heterocycles. The number of aromatic nitrogens is 4. The second-order valence-electron chi connectivity index (χ2n) is 9.42. The topological polar surface area (TPSA) is 111 Å². The number of rotatable bonds is 7. The molecule has 2 N–H and O–H groups in total. The van der Waals surface area contributed by atoms with Gasteiger partial charge < -0.3 is 15.4 Å². The fourth-order valence-corrected chi connectivity index (χ4v) is 4.42. The van der Waals surface area contributed by atoms with Gasteiger partial charge in [0.2, 0.25) is 5.91 Å². The monoisotopic (exact) mass is 568 g/mol. The molecule has 3 heterocycles. The van der Waals surface area contributed by atoms with Crippen LogP contribution in [-0.2, 0) is 29.2 Å². The fourth-order valence-electron chi connectivity index (χ4n) is 4.42. The van der Waals surface area contributed by atoms with Crippen molar-refractivity contribution in [1.82, 2.24) is 25.1 Å². The molecule has 0 radical (unpaired) electrons. The Morgan fingerprint density at radius 1 is 1.15 bits per heavy atom. The van der Waals surface area contributed by atoms with Crippen molar-refractivity contribution in [3.63, 3.8) is 0 Å². The minimum atomic E-state index is -4.88. The highest BCUT2D eigenvalue weighted by molar-refractivity contribution is 6.06. The summed E-state index contributed by atoms with van der Waals surface area (Å²) in [6.45, 7) is 0.992. The number of hydrogen-bond acceptors (Lipinski definition) is 6. The Morgan fingerprint density at radius 2 is 1.93 bits per heavy atom. The van der Waals surface area contributed by atoms with Crippen LogP contribution in [0.2, 0.25) is 0 Å². The van der Waals surface area contributed by atoms with Gasteiger partial charge in [-0.25, -0.2) is 14.4 Å². The molecule has 0 bridgehead atoms. The molecule has 2 aromatic carbocycles. The van der Waals surface area contributed by atoms with Crippen molar-refractivity contribution in [1.29, 1.82) is 0 Å². The molecule has 1 fully saturated rings. The van der Waals surface area contributed by atoms with Crippen molar-refractivity contribution in [2.45, 2.75) is 25.1 Å². The first kappa shape index (κ1) is 27.9. The van der Waals surface area contributed by atoms with E-state index in [-0.39, 0.29) is 47.3 Å². The van der Waals surface area contributed by atoms with Gasteiger partial charge in [-0.15, -0.1) is 0 Å². The summed E-state index contributed by atoms with van der Waals surface area (Å²) in [4.78, 5) is 34.4. The van der Waals surface area contributed by atoms with Crippen LogP contribution < -0.4 is 10.6 Å². The zero-order valence-corrected chi connectivity index (χ0v) is 21.7. The fraction of sp³-hybridized carbons (Fsp3) is 0.250. The number of carbonyl (C=O) groups excluding carboxylic acids is 2. The van der Waals surface area contributed by atoms with E-state index in [4.69, 9.17) is 4.74 Å². The number of carbonyl (C=O) groups is 2. The Labute approximate surface area is 231 Å². The van der Waals surface area contributed by atoms with Crippen LogP contribution in [0.25, 0.3) is 22.5 Å². The highest BCUT2D eigenvalue weighted by atomic mass is 19.4. The third-order valence-electron chi connectivity index (χ3n) is 6.39. The predicted molar refractivity (Wildman–Crippen MR) is 140 cm³/mol. The number of halogens is 4. The van der Waals surface area contributed by atoms with Gasteiger partial charge >= 0.3 is 6.18 Å². The Balaban J connectivity index is 1.47. The van der Waals surface area contributed by atoms with Gasteiger partial charge in [0, 0.05) is 31.0 Å². The van der Waals surface area contributed by atoms with E-state index in [1.54, 1.807) is 30.3 Å². The first-order chi connectivity index (χ1) is 19.6. The molecule has 1 aliphatic heterocycles. The number of hydrogen-bond donors (Lipinski definition) is 2. The molecule has 9 nitrogen and oxygen atoms in total. The van der Waals surface area contributed by atoms with E-state index in [2.05, 4.69) is 25.7 Å². The normalized spacial score (nSPS) is 15.1. The average molecular weight is 569 g/mol. The lowest BCUT2D eigenvalue weighted by Crippen LogP contribution is -2.36. The second kappa shape index (κ2) is 11.5. The van der Waals surface area contributed by atoms with Crippen molar-refractivity contribution in [2.75, 3.05) is 18.5 Å². The van der Waals surface area contributed by atoms with Gasteiger partial charge in [-0.3, -0.25) is 14.3 Å². The van der Waals surface area contributed by atoms with Crippen molar-refractivity contribution < 1.29 is 31.9 Å². The third kappa shape index (κ3) is 6.40. The number of aryl methyl sites for hydroxylation is 1. The lowest BCUT2D eigenvalue weighted by atomic mass is 9.99. The standard InChI is InChI=1S/C28H24F4N6O3/c1-38-9-7-22(37-38)18-11-19(21(29)12-20(18)28(30,31)32)27(40)35-23-14-33-24(13-25(39)34-17-8-10-41-15-17)36-26(23)16-5-3-2-4-6-16/h2-7,9,11-12,14,17H,8,10,13,15H2,1H3,(H,34,39)(H,35,40)/t17-/m0/s1. The zero-order valence-electron chi connectivity index (χ0n) is 21.7. The minimum Gasteiger partial charge on any atom is -0.379 e. The molecule has 0 spiro atoms. The lowest BCUT2D eigenvalue weighted by Gasteiger charge is -2.16. The summed E-state index contributed by atoms with van der Waals surface area (Å²) >= 11 is 0. The first-order valence-electron chi connectivity index (χ1n) is 12.6. The maximum Gasteiger partial charge on any atom is 0.417 e. The van der Waals surface area contributed by atoms with E-state index in [1.165, 1.54) is 30.2 Å². The lowest BCUT2D eigenvalue weighted by molar-refractivity contribution is -0.137. The third-order valence-corrected chi connectivity index (χ3v) is 6.39. The quantitative estimate of drug-likeness (QED) is 0.320. The molecule has 1 atom stereocenters. The molecule has 1 saturated heterocycles. The van der Waals surface area contributed by atoms with E-state index in [0.717, 1.165) is 6.07 Å². The maximum atomic E-state index is 15.0. The van der Waals surface area contributed by atoms with Gasteiger partial charge in [0.05, 0.1) is 53.5 Å². The molecule has 0 unspecified atom stereocenters. The Kier molecular flexibility index (Phi) is 7.79. The van der Waals surface area contributed by atoms with E-state index in [9.17, 15) is 27.2 Å². The van der Waals surface area contributed by atoms with E-state index in [0.29, 0.717) is 25.2 Å². The molecular weight excluding hydrogens is 544 g/mol. The Bertz CT molecular complexity index is 1580. The Hall–Kier alpha value is -4.65. The number of alkyl halides is 3. The zero-order chi connectivity index (χ0) is 29.1. The summed E-state index contributed by atoms with van der Waals surface area (Å²) < 4.78 is 62.7. The number of anilines is 1. The molecule has 5 rings (SSSR count). The number of benzene rings is 2. The predicted octanol–water partition coefficient (Wildman–Crippen LogP) is 4.40. The van der Waals surface area contributed by atoms with Crippen LogP contribution in [0.4, 0.5) is 23.2 Å². The number of amides is 2. The average Bonchev–Trinajstić information content (AvgIpc) is 3.61. The molecule has 2 amide bonds. The molecule has 1 aliphatic rings. The summed E-state index contributed by atoms with van der Waals surface area (Å²) in [6, 6.07) is 11.0. The number of nitrogens with zero attached hydrogens (tertiary/aromatic N) is 4. The molecule has 4 aromatic rings. The Morgan fingerprint density at radius 3 is 2.59 bits per heavy atom. The van der Waals surface area contributed by atoms with Gasteiger partial charge in [0.25, 0.3) is 5.91 Å². The van der Waals surface area contributed by atoms with Crippen molar-refractivity contribution in [3.05, 3.63) is 83.7 Å². The van der Waals surface area contributed by atoms with Gasteiger partial charge in [-0.1, -0.05) is 30.3 Å². The van der Waals surface area contributed by atoms with Gasteiger partial charge in [-0.2, -0.15) is 18.3 Å². The van der Waals surface area contributed by atoms with Crippen molar-refractivity contribution in [3.8, 4) is 22.5 Å². The summed E-state index contributed by atoms with van der Waals surface area (Å²) in [5, 5.41) is 9.37. The van der Waals surface area contributed by atoms with Crippen LogP contribution in [0, 0.1) is 5.82 Å². The van der Waals surface area contributed by atoms with Crippen LogP contribution in [0.3, 0.4) is 0 Å². The van der Waals surface area contributed by atoms with Crippen LogP contribution in [0.5, 0.6) is 0 Å². The maximum absolute atomic E-state index is 15.0. The summed E-state index contributed by atoms with van der Waals surface area (Å²) in [7, 11) is 1.52. The smallest absolute Gasteiger partial charge is 0.379 e. The summed E-state index contributed by atoms with van der Waals surface area (Å²) in [5.74, 6) is -2.50. The molecule has 212 valence electrons. The molecule has 0 aliphatic carbocycles. The van der Waals surface area contributed by atoms with Gasteiger partial charge in [-0.05, 0) is 24.6 Å². The van der Waals surface area contributed by atoms with Crippen LogP contribution in [0.1, 0.15) is 28.2 Å². The summed E-state index contributed by atoms with van der Waals surface area (Å²) in [6.07, 6.45) is -1.60. The molecule has 0 saturated carbocycles. The minimum absolute atomic E-state index is 0.0750. The van der Waals surface area contributed by atoms with E-state index >= 15 is 0 Å². The van der Waals surface area contributed by atoms with Crippen molar-refractivity contribution >= 4 is 17.5 Å². The highest BCUT2D eigenvalue weighted by Gasteiger charge is 2.36. The highest BCUT2D eigenvalue weighted by Crippen LogP contribution is 2.38. The second-order valence-corrected chi connectivity index (χ2v) is 9.42. The molecule has 41 heavy (non-hydrogen) atoms. The van der Waals surface area contributed by atoms with E-state index in [1.807, 2.05) is 0 Å². The molecule has 13 heteroatoms. The number of nitrogens with one attached hydrogen (secondary N) is 2. The van der Waals surface area contributed by atoms with Crippen LogP contribution in [0.15, 0.2) is 60.9 Å². The largest absolute Gasteiger partial charge is 0.417 e. The van der Waals surface area contributed by atoms with Crippen LogP contribution >= 0.6 is 0 Å². The van der Waals surface area contributed by atoms with Crippen LogP contribution in [-0.4, -0.2) is 50.8 Å². The van der Waals surface area contributed by atoms with Gasteiger partial charge in [0.1, 0.15) is 11.6 Å². The SMILES string of the molecule is Cn1ccc(-c2cc(C(=O)Nc3cnc(CC(=O)N[C@H]4CCOC4)nc3-c3ccccc3)c(F)cc2C(F)(F)F)n1. The first-order valence-corrected chi connectivity index (χ1v) is 12.6. The number of ether oxygens (including phenoxy) is 1.